The molecule has 0 saturated heterocycles. The van der Waals surface area contributed by atoms with E-state index in [-0.39, 0.29) is 0 Å². The molecular weight excluding hydrogens is 229 g/mol. The average Bonchev–Trinajstić information content (AvgIpc) is 2.39. The van der Waals surface area contributed by atoms with E-state index in [1.165, 1.54) is 0 Å². The third-order valence-corrected chi connectivity index (χ3v) is 3.69. The largest absolute Gasteiger partial charge is 0.249 e. The molecule has 1 atom stereocenters. The quantitative estimate of drug-likeness (QED) is 0.743. The summed E-state index contributed by atoms with van der Waals surface area (Å²) in [5.74, 6) is 0. The van der Waals surface area contributed by atoms with Gasteiger partial charge < -0.3 is 0 Å². The number of hydrogen-bond acceptors (Lipinski definition) is 2. The van der Waals surface area contributed by atoms with Crippen molar-refractivity contribution in [2.24, 2.45) is 0 Å². The summed E-state index contributed by atoms with van der Waals surface area (Å²) in [6.45, 7) is 0. The molecule has 2 radical (unpaired) electrons. The van der Waals surface area contributed by atoms with Gasteiger partial charge in [0.15, 0.2) is 0 Å². The summed E-state index contributed by atoms with van der Waals surface area (Å²) in [6, 6.07) is 15.7. The maximum absolute atomic E-state index is 12.1. The average molecular weight is 237 g/mol. The number of benzene rings is 2. The van der Waals surface area contributed by atoms with Gasteiger partial charge in [0.05, 0.1) is 22.4 Å². The van der Waals surface area contributed by atoms with Gasteiger partial charge in [-0.3, -0.25) is 0 Å². The Morgan fingerprint density at radius 3 is 1.88 bits per heavy atom. The van der Waals surface area contributed by atoms with Crippen molar-refractivity contribution in [3.8, 4) is 6.07 Å². The maximum atomic E-state index is 12.1. The van der Waals surface area contributed by atoms with Crippen LogP contribution in [-0.2, 0) is 10.8 Å². The molecule has 2 nitrogen and oxygen atoms in total. The molecule has 2 aromatic carbocycles. The first-order chi connectivity index (χ1) is 8.20. The Balaban J connectivity index is 2.31. The van der Waals surface area contributed by atoms with Crippen LogP contribution in [0.2, 0.25) is 0 Å². The van der Waals surface area contributed by atoms with Gasteiger partial charge in [-0.25, -0.2) is 4.21 Å². The number of hydrogen-bond donors (Lipinski definition) is 0. The van der Waals surface area contributed by atoms with Crippen molar-refractivity contribution in [2.75, 3.05) is 0 Å². The van der Waals surface area contributed by atoms with Crippen molar-refractivity contribution >= 4 is 24.1 Å². The lowest BCUT2D eigenvalue weighted by atomic mass is 9.97. The number of rotatable bonds is 2. The number of nitriles is 1. The van der Waals surface area contributed by atoms with Gasteiger partial charge in [-0.2, -0.15) is 5.26 Å². The molecular formula is C13H8BNOS. The Labute approximate surface area is 104 Å². The van der Waals surface area contributed by atoms with Gasteiger partial charge in [-0.1, -0.05) is 17.6 Å². The van der Waals surface area contributed by atoms with Crippen LogP contribution in [0.25, 0.3) is 0 Å². The highest BCUT2D eigenvalue weighted by molar-refractivity contribution is 7.85. The second-order valence-corrected chi connectivity index (χ2v) is 4.95. The molecule has 0 heterocycles. The van der Waals surface area contributed by atoms with E-state index in [9.17, 15) is 4.21 Å². The van der Waals surface area contributed by atoms with Crippen LogP contribution in [-0.4, -0.2) is 12.1 Å². The highest BCUT2D eigenvalue weighted by atomic mass is 32.2. The zero-order valence-corrected chi connectivity index (χ0v) is 9.78. The lowest BCUT2D eigenvalue weighted by molar-refractivity contribution is 0.683. The summed E-state index contributed by atoms with van der Waals surface area (Å²) in [5, 5.41) is 8.67. The molecule has 4 heteroatoms. The molecule has 0 spiro atoms. The first-order valence-electron chi connectivity index (χ1n) is 4.98. The molecule has 2 rings (SSSR count). The minimum atomic E-state index is -1.23. The Bertz CT molecular complexity index is 584. The lowest BCUT2D eigenvalue weighted by Crippen LogP contribution is -2.01. The summed E-state index contributed by atoms with van der Waals surface area (Å²) >= 11 is 0. The first-order valence-corrected chi connectivity index (χ1v) is 6.13. The predicted octanol–water partition coefficient (Wildman–Crippen LogP) is 1.52. The Morgan fingerprint density at radius 2 is 1.41 bits per heavy atom. The topological polar surface area (TPSA) is 40.9 Å². The fraction of sp³-hybridized carbons (Fsp3) is 0. The third kappa shape index (κ3) is 2.63. The molecule has 1 unspecified atom stereocenters. The Hall–Kier alpha value is -1.86. The molecule has 0 bridgehead atoms. The zero-order chi connectivity index (χ0) is 12.3. The van der Waals surface area contributed by atoms with E-state index < -0.39 is 10.8 Å². The molecule has 0 amide bonds. The smallest absolute Gasteiger partial charge is 0.113 e. The van der Waals surface area contributed by atoms with E-state index in [1.54, 1.807) is 48.5 Å². The first kappa shape index (κ1) is 11.6. The number of nitrogens with zero attached hydrogens (tertiary/aromatic N) is 1. The van der Waals surface area contributed by atoms with E-state index in [0.29, 0.717) is 20.8 Å². The monoisotopic (exact) mass is 237 g/mol. The van der Waals surface area contributed by atoms with E-state index in [1.807, 2.05) is 6.07 Å². The van der Waals surface area contributed by atoms with Crippen LogP contribution in [0.15, 0.2) is 58.3 Å². The second kappa shape index (κ2) is 4.98. The second-order valence-electron chi connectivity index (χ2n) is 3.47. The van der Waals surface area contributed by atoms with Crippen LogP contribution in [0.4, 0.5) is 0 Å². The van der Waals surface area contributed by atoms with Gasteiger partial charge in [-0.15, -0.1) is 0 Å². The highest BCUT2D eigenvalue weighted by Gasteiger charge is 2.06. The molecule has 0 aliphatic heterocycles. The third-order valence-electron chi connectivity index (χ3n) is 2.29. The summed E-state index contributed by atoms with van der Waals surface area (Å²) in [6.07, 6.45) is 0. The summed E-state index contributed by atoms with van der Waals surface area (Å²) in [4.78, 5) is 1.37. The van der Waals surface area contributed by atoms with Crippen LogP contribution in [0.1, 0.15) is 5.56 Å². The maximum Gasteiger partial charge on any atom is 0.113 e. The van der Waals surface area contributed by atoms with E-state index in [4.69, 9.17) is 13.1 Å². The van der Waals surface area contributed by atoms with Gasteiger partial charge >= 0.3 is 0 Å². The minimum Gasteiger partial charge on any atom is -0.249 e. The van der Waals surface area contributed by atoms with Crippen LogP contribution in [0.3, 0.4) is 0 Å². The van der Waals surface area contributed by atoms with Gasteiger partial charge in [0, 0.05) is 9.79 Å². The van der Waals surface area contributed by atoms with Gasteiger partial charge in [0.1, 0.15) is 7.85 Å². The standard InChI is InChI=1S/C13H8BNOS/c14-11-3-7-13(8-4-11)17(16)12-5-1-10(9-15)2-6-12/h1-8H. The lowest BCUT2D eigenvalue weighted by Gasteiger charge is -2.02. The van der Waals surface area contributed by atoms with Gasteiger partial charge in [-0.05, 0) is 36.4 Å². The predicted molar refractivity (Wildman–Crippen MR) is 67.7 cm³/mol. The molecule has 0 aromatic heterocycles. The normalized spacial score (nSPS) is 11.7. The highest BCUT2D eigenvalue weighted by Crippen LogP contribution is 2.15. The molecule has 80 valence electrons. The summed E-state index contributed by atoms with van der Waals surface area (Å²) < 4.78 is 12.1. The van der Waals surface area contributed by atoms with Crippen molar-refractivity contribution < 1.29 is 4.21 Å². The summed E-state index contributed by atoms with van der Waals surface area (Å²) in [7, 11) is 4.34. The van der Waals surface area contributed by atoms with Crippen LogP contribution in [0.5, 0.6) is 0 Å². The van der Waals surface area contributed by atoms with Gasteiger partial charge in [0.2, 0.25) is 0 Å². The minimum absolute atomic E-state index is 0.558. The molecule has 2 aromatic rings. The van der Waals surface area contributed by atoms with Crippen LogP contribution >= 0.6 is 0 Å². The SMILES string of the molecule is [B]c1ccc(S(=O)c2ccc(C#N)cc2)cc1. The van der Waals surface area contributed by atoms with Gasteiger partial charge in [0.25, 0.3) is 0 Å². The fourth-order valence-electron chi connectivity index (χ4n) is 1.38. The Kier molecular flexibility index (Phi) is 3.41. The van der Waals surface area contributed by atoms with Crippen molar-refractivity contribution in [1.29, 1.82) is 5.26 Å². The Morgan fingerprint density at radius 1 is 0.941 bits per heavy atom. The molecule has 0 aliphatic carbocycles. The van der Waals surface area contributed by atoms with Crippen molar-refractivity contribution in [2.45, 2.75) is 9.79 Å². The molecule has 0 saturated carbocycles. The van der Waals surface area contributed by atoms with Crippen molar-refractivity contribution in [1.82, 2.24) is 0 Å². The molecule has 0 N–H and O–H groups in total. The van der Waals surface area contributed by atoms with Crippen molar-refractivity contribution in [3.05, 3.63) is 54.1 Å². The zero-order valence-electron chi connectivity index (χ0n) is 8.96. The molecule has 0 fully saturated rings. The summed E-state index contributed by atoms with van der Waals surface area (Å²) in [5.41, 5.74) is 1.20. The van der Waals surface area contributed by atoms with E-state index >= 15 is 0 Å². The van der Waals surface area contributed by atoms with Crippen LogP contribution in [0, 0.1) is 11.3 Å². The van der Waals surface area contributed by atoms with Crippen molar-refractivity contribution in [3.63, 3.8) is 0 Å². The molecule has 0 aliphatic rings. The van der Waals surface area contributed by atoms with E-state index in [0.717, 1.165) is 0 Å². The van der Waals surface area contributed by atoms with E-state index in [2.05, 4.69) is 0 Å². The fourth-order valence-corrected chi connectivity index (χ4v) is 2.42. The van der Waals surface area contributed by atoms with Crippen LogP contribution < -0.4 is 5.46 Å². The molecule has 17 heavy (non-hydrogen) atoms.